The van der Waals surface area contributed by atoms with E-state index in [4.69, 9.17) is 4.74 Å². The Balaban J connectivity index is 2.02. The molecular weight excluding hydrogens is 282 g/mol. The van der Waals surface area contributed by atoms with Gasteiger partial charge in [0.15, 0.2) is 0 Å². The van der Waals surface area contributed by atoms with Crippen LogP contribution in [0.3, 0.4) is 0 Å². The van der Waals surface area contributed by atoms with Gasteiger partial charge in [-0.15, -0.1) is 0 Å². The summed E-state index contributed by atoms with van der Waals surface area (Å²) in [6, 6.07) is 0. The zero-order chi connectivity index (χ0) is 12.8. The Labute approximate surface area is 112 Å². The van der Waals surface area contributed by atoms with Crippen LogP contribution in [0.2, 0.25) is 0 Å². The molecule has 1 saturated carbocycles. The summed E-state index contributed by atoms with van der Waals surface area (Å²) < 4.78 is 5.57. The number of hydrogen-bond donors (Lipinski definition) is 0. The third-order valence-electron chi connectivity index (χ3n) is 4.89. The fourth-order valence-electron chi connectivity index (χ4n) is 3.01. The highest BCUT2D eigenvalue weighted by molar-refractivity contribution is 9.09. The number of nitrogens with zero attached hydrogens (tertiary/aromatic N) is 1. The lowest BCUT2D eigenvalue weighted by atomic mass is 10.0. The van der Waals surface area contributed by atoms with Gasteiger partial charge in [0.2, 0.25) is 5.91 Å². The highest BCUT2D eigenvalue weighted by atomic mass is 79.9. The van der Waals surface area contributed by atoms with Crippen molar-refractivity contribution in [2.75, 3.05) is 25.0 Å². The number of ether oxygens (including phenoxy) is 1. The first-order chi connectivity index (χ1) is 7.82. The van der Waals surface area contributed by atoms with Crippen molar-refractivity contribution < 1.29 is 9.53 Å². The SMILES string of the molecule is CC1(C)C(C(=O)N2CCOC(CBr)C2)C1(C)C. The van der Waals surface area contributed by atoms with Crippen LogP contribution in [0, 0.1) is 16.7 Å². The monoisotopic (exact) mass is 303 g/mol. The summed E-state index contributed by atoms with van der Waals surface area (Å²) in [6.45, 7) is 10.9. The van der Waals surface area contributed by atoms with Crippen LogP contribution in [-0.4, -0.2) is 41.9 Å². The van der Waals surface area contributed by atoms with E-state index in [2.05, 4.69) is 43.6 Å². The van der Waals surface area contributed by atoms with E-state index in [1.165, 1.54) is 0 Å². The van der Waals surface area contributed by atoms with Crippen molar-refractivity contribution in [3.8, 4) is 0 Å². The Morgan fingerprint density at radius 3 is 2.41 bits per heavy atom. The molecule has 17 heavy (non-hydrogen) atoms. The predicted octanol–water partition coefficient (Wildman–Crippen LogP) is 2.29. The summed E-state index contributed by atoms with van der Waals surface area (Å²) >= 11 is 3.42. The lowest BCUT2D eigenvalue weighted by Gasteiger charge is -2.32. The Morgan fingerprint density at radius 2 is 1.94 bits per heavy atom. The molecule has 98 valence electrons. The summed E-state index contributed by atoms with van der Waals surface area (Å²) in [4.78, 5) is 14.5. The molecule has 0 aromatic carbocycles. The van der Waals surface area contributed by atoms with Gasteiger partial charge in [-0.05, 0) is 10.8 Å². The van der Waals surface area contributed by atoms with Gasteiger partial charge < -0.3 is 9.64 Å². The smallest absolute Gasteiger partial charge is 0.226 e. The van der Waals surface area contributed by atoms with Gasteiger partial charge in [-0.1, -0.05) is 43.6 Å². The first-order valence-electron chi connectivity index (χ1n) is 6.28. The maximum absolute atomic E-state index is 12.5. The summed E-state index contributed by atoms with van der Waals surface area (Å²) in [7, 11) is 0. The molecule has 4 heteroatoms. The van der Waals surface area contributed by atoms with Crippen LogP contribution < -0.4 is 0 Å². The first kappa shape index (κ1) is 13.3. The quantitative estimate of drug-likeness (QED) is 0.733. The van der Waals surface area contributed by atoms with E-state index in [0.717, 1.165) is 18.4 Å². The third kappa shape index (κ3) is 2.03. The van der Waals surface area contributed by atoms with Crippen LogP contribution >= 0.6 is 15.9 Å². The number of halogens is 1. The predicted molar refractivity (Wildman–Crippen MR) is 71.2 cm³/mol. The summed E-state index contributed by atoms with van der Waals surface area (Å²) in [6.07, 6.45) is 0.151. The molecule has 1 aliphatic carbocycles. The Morgan fingerprint density at radius 1 is 1.35 bits per heavy atom. The number of carbonyl (C=O) groups is 1. The molecule has 1 unspecified atom stereocenters. The van der Waals surface area contributed by atoms with E-state index in [0.29, 0.717) is 12.5 Å². The summed E-state index contributed by atoms with van der Waals surface area (Å²) in [5.74, 6) is 0.485. The molecule has 2 fully saturated rings. The van der Waals surface area contributed by atoms with Crippen LogP contribution in [0.15, 0.2) is 0 Å². The van der Waals surface area contributed by atoms with Gasteiger partial charge in [-0.2, -0.15) is 0 Å². The number of alkyl halides is 1. The van der Waals surface area contributed by atoms with Gasteiger partial charge in [-0.25, -0.2) is 0 Å². The maximum Gasteiger partial charge on any atom is 0.226 e. The number of amides is 1. The van der Waals surface area contributed by atoms with Crippen molar-refractivity contribution in [2.45, 2.75) is 33.8 Å². The highest BCUT2D eigenvalue weighted by Gasteiger charge is 2.68. The second-order valence-electron chi connectivity index (χ2n) is 6.31. The van der Waals surface area contributed by atoms with E-state index in [-0.39, 0.29) is 22.9 Å². The number of morpholine rings is 1. The molecule has 0 N–H and O–H groups in total. The van der Waals surface area contributed by atoms with Gasteiger partial charge in [-0.3, -0.25) is 4.79 Å². The minimum absolute atomic E-state index is 0.131. The third-order valence-corrected chi connectivity index (χ3v) is 5.61. The second-order valence-corrected chi connectivity index (χ2v) is 6.96. The number of hydrogen-bond acceptors (Lipinski definition) is 2. The largest absolute Gasteiger partial charge is 0.374 e. The zero-order valence-electron chi connectivity index (χ0n) is 11.1. The molecule has 0 bridgehead atoms. The fraction of sp³-hybridized carbons (Fsp3) is 0.923. The molecule has 0 aromatic rings. The number of carbonyl (C=O) groups excluding carboxylic acids is 1. The molecule has 2 aliphatic rings. The molecule has 2 rings (SSSR count). The topological polar surface area (TPSA) is 29.5 Å². The molecule has 1 atom stereocenters. The van der Waals surface area contributed by atoms with Crippen molar-refractivity contribution in [3.63, 3.8) is 0 Å². The minimum atomic E-state index is 0.131. The summed E-state index contributed by atoms with van der Waals surface area (Å²) in [5, 5.41) is 0.800. The molecular formula is C13H22BrNO2. The van der Waals surface area contributed by atoms with Crippen LogP contribution in [0.5, 0.6) is 0 Å². The molecule has 0 spiro atoms. The Hall–Kier alpha value is -0.0900. The normalized spacial score (nSPS) is 31.4. The van der Waals surface area contributed by atoms with Crippen molar-refractivity contribution in [1.29, 1.82) is 0 Å². The van der Waals surface area contributed by atoms with Gasteiger partial charge in [0, 0.05) is 24.3 Å². The van der Waals surface area contributed by atoms with Crippen molar-refractivity contribution in [2.24, 2.45) is 16.7 Å². The molecule has 1 amide bonds. The summed E-state index contributed by atoms with van der Waals surface area (Å²) in [5.41, 5.74) is 0.262. The van der Waals surface area contributed by atoms with E-state index in [1.807, 2.05) is 4.90 Å². The molecule has 0 aromatic heterocycles. The van der Waals surface area contributed by atoms with E-state index >= 15 is 0 Å². The van der Waals surface area contributed by atoms with Gasteiger partial charge in [0.05, 0.1) is 12.7 Å². The van der Waals surface area contributed by atoms with Gasteiger partial charge >= 0.3 is 0 Å². The number of rotatable bonds is 2. The second kappa shape index (κ2) is 4.23. The van der Waals surface area contributed by atoms with Crippen molar-refractivity contribution in [1.82, 2.24) is 4.90 Å². The van der Waals surface area contributed by atoms with Crippen molar-refractivity contribution in [3.05, 3.63) is 0 Å². The maximum atomic E-state index is 12.5. The fourth-order valence-corrected chi connectivity index (χ4v) is 3.40. The standard InChI is InChI=1S/C13H22BrNO2/c1-12(2)10(13(12,3)4)11(16)15-5-6-17-9(7-14)8-15/h9-10H,5-8H2,1-4H3. The molecule has 3 nitrogen and oxygen atoms in total. The average molecular weight is 304 g/mol. The van der Waals surface area contributed by atoms with Crippen molar-refractivity contribution >= 4 is 21.8 Å². The lowest BCUT2D eigenvalue weighted by molar-refractivity contribution is -0.140. The zero-order valence-corrected chi connectivity index (χ0v) is 12.7. The Bertz CT molecular complexity index is 313. The first-order valence-corrected chi connectivity index (χ1v) is 7.41. The van der Waals surface area contributed by atoms with E-state index < -0.39 is 0 Å². The molecule has 1 aliphatic heterocycles. The Kier molecular flexibility index (Phi) is 3.32. The highest BCUT2D eigenvalue weighted by Crippen LogP contribution is 2.68. The van der Waals surface area contributed by atoms with Crippen LogP contribution in [-0.2, 0) is 9.53 Å². The average Bonchev–Trinajstić information content (AvgIpc) is 2.69. The van der Waals surface area contributed by atoms with Gasteiger partial charge in [0.25, 0.3) is 0 Å². The van der Waals surface area contributed by atoms with Crippen LogP contribution in [0.25, 0.3) is 0 Å². The molecule has 1 heterocycles. The van der Waals surface area contributed by atoms with Gasteiger partial charge in [0.1, 0.15) is 0 Å². The lowest BCUT2D eigenvalue weighted by Crippen LogP contribution is -2.47. The van der Waals surface area contributed by atoms with E-state index in [9.17, 15) is 4.79 Å². The van der Waals surface area contributed by atoms with Crippen LogP contribution in [0.1, 0.15) is 27.7 Å². The molecule has 1 saturated heterocycles. The van der Waals surface area contributed by atoms with Crippen LogP contribution in [0.4, 0.5) is 0 Å². The minimum Gasteiger partial charge on any atom is -0.374 e. The van der Waals surface area contributed by atoms with E-state index in [1.54, 1.807) is 0 Å². The molecule has 0 radical (unpaired) electrons.